The molecule has 40 heavy (non-hydrogen) atoms. The van der Waals surface area contributed by atoms with Crippen molar-refractivity contribution < 1.29 is 27.4 Å². The Balaban J connectivity index is 1.40. The third-order valence-electron chi connectivity index (χ3n) is 6.83. The number of nitrogens with zero attached hydrogens (tertiary/aromatic N) is 5. The Bertz CT molecular complexity index is 1610. The Morgan fingerprint density at radius 3 is 2.60 bits per heavy atom. The van der Waals surface area contributed by atoms with Gasteiger partial charge in [0.2, 0.25) is 5.71 Å². The summed E-state index contributed by atoms with van der Waals surface area (Å²) in [5.74, 6) is 0.680. The zero-order chi connectivity index (χ0) is 28.2. The van der Waals surface area contributed by atoms with E-state index in [4.69, 9.17) is 14.3 Å². The molecule has 0 aliphatic carbocycles. The number of benzene rings is 1. The molecule has 210 valence electrons. The Labute approximate surface area is 231 Å². The third kappa shape index (κ3) is 5.21. The first-order chi connectivity index (χ1) is 19.0. The highest BCUT2D eigenvalue weighted by Gasteiger charge is 2.36. The van der Waals surface area contributed by atoms with Crippen LogP contribution in [0, 0.1) is 5.82 Å². The number of fused-ring (bicyclic) bond motifs is 1. The normalized spacial score (nSPS) is 18.4. The number of carbonyl (C=O) groups excluding carboxylic acids is 1. The minimum atomic E-state index is -2.58. The smallest absolute Gasteiger partial charge is 0.414 e. The van der Waals surface area contributed by atoms with Crippen LogP contribution >= 0.6 is 10.6 Å². The topological polar surface area (TPSA) is 127 Å². The van der Waals surface area contributed by atoms with Gasteiger partial charge in [0.25, 0.3) is 0 Å². The number of halogens is 1. The third-order valence-corrected chi connectivity index (χ3v) is 8.67. The lowest BCUT2D eigenvalue weighted by Crippen LogP contribution is -2.35. The van der Waals surface area contributed by atoms with Crippen LogP contribution in [-0.4, -0.2) is 63.5 Å². The molecule has 2 N–H and O–H groups in total. The molecule has 6 rings (SSSR count). The molecule has 0 saturated carbocycles. The summed E-state index contributed by atoms with van der Waals surface area (Å²) in [6, 6.07) is 7.74. The maximum Gasteiger partial charge on any atom is 0.414 e. The molecule has 5 heterocycles. The highest BCUT2D eigenvalue weighted by molar-refractivity contribution is 8.25. The molecule has 2 aliphatic rings. The molecule has 10 nitrogen and oxygen atoms in total. The number of carbonyl (C=O) groups is 1. The Hall–Kier alpha value is -3.74. The van der Waals surface area contributed by atoms with Crippen LogP contribution in [0.3, 0.4) is 0 Å². The predicted octanol–water partition coefficient (Wildman–Crippen LogP) is 6.57. The van der Waals surface area contributed by atoms with Crippen molar-refractivity contribution in [3.05, 3.63) is 60.6 Å². The van der Waals surface area contributed by atoms with Crippen molar-refractivity contribution in [3.8, 4) is 22.5 Å². The van der Waals surface area contributed by atoms with E-state index in [2.05, 4.69) is 9.97 Å². The average Bonchev–Trinajstić information content (AvgIpc) is 3.52. The zero-order valence-corrected chi connectivity index (χ0v) is 23.2. The Kier molecular flexibility index (Phi) is 6.43. The van der Waals surface area contributed by atoms with Crippen molar-refractivity contribution in [2.24, 2.45) is 0 Å². The molecule has 4 aromatic rings. The SMILES string of the molecule is CC(C)(C)OC(=O)N1C=C(c2cc3c(-c4cn(C5CS(O)(O)C5)nc4-c4ccc(F)cc4)ncnc3o2)CCC1. The highest BCUT2D eigenvalue weighted by Crippen LogP contribution is 2.54. The predicted molar refractivity (Wildman–Crippen MR) is 150 cm³/mol. The van der Waals surface area contributed by atoms with Crippen molar-refractivity contribution in [1.82, 2.24) is 24.6 Å². The van der Waals surface area contributed by atoms with Crippen molar-refractivity contribution in [2.75, 3.05) is 18.1 Å². The number of rotatable bonds is 4. The second-order valence-electron chi connectivity index (χ2n) is 11.2. The van der Waals surface area contributed by atoms with Crippen molar-refractivity contribution in [3.63, 3.8) is 0 Å². The minimum absolute atomic E-state index is 0.165. The number of aromatic nitrogens is 4. The van der Waals surface area contributed by atoms with Crippen molar-refractivity contribution >= 4 is 33.4 Å². The van der Waals surface area contributed by atoms with E-state index in [0.29, 0.717) is 52.3 Å². The van der Waals surface area contributed by atoms with Crippen LogP contribution < -0.4 is 0 Å². The fourth-order valence-electron chi connectivity index (χ4n) is 4.93. The molecule has 1 amide bonds. The summed E-state index contributed by atoms with van der Waals surface area (Å²) in [6.07, 6.45) is 6.07. The Morgan fingerprint density at radius 2 is 1.90 bits per heavy atom. The van der Waals surface area contributed by atoms with E-state index in [-0.39, 0.29) is 23.4 Å². The van der Waals surface area contributed by atoms with E-state index in [0.717, 1.165) is 12.0 Å². The molecular formula is C28H30FN5O5S. The number of amides is 1. The number of furan rings is 1. The van der Waals surface area contributed by atoms with Crippen LogP contribution in [-0.2, 0) is 4.74 Å². The lowest BCUT2D eigenvalue weighted by atomic mass is 10.0. The van der Waals surface area contributed by atoms with E-state index < -0.39 is 22.3 Å². The van der Waals surface area contributed by atoms with Crippen molar-refractivity contribution in [1.29, 1.82) is 0 Å². The first-order valence-electron chi connectivity index (χ1n) is 13.0. The van der Waals surface area contributed by atoms with Crippen LogP contribution in [0.25, 0.3) is 39.2 Å². The summed E-state index contributed by atoms with van der Waals surface area (Å²) >= 11 is 0. The minimum Gasteiger partial charge on any atom is -0.443 e. The molecule has 1 saturated heterocycles. The molecule has 0 spiro atoms. The summed E-state index contributed by atoms with van der Waals surface area (Å²) in [7, 11) is -2.58. The molecule has 1 fully saturated rings. The maximum atomic E-state index is 13.7. The molecular weight excluding hydrogens is 537 g/mol. The first-order valence-corrected chi connectivity index (χ1v) is 14.9. The van der Waals surface area contributed by atoms with Gasteiger partial charge in [0, 0.05) is 35.6 Å². The van der Waals surface area contributed by atoms with E-state index in [9.17, 15) is 18.3 Å². The summed E-state index contributed by atoms with van der Waals surface area (Å²) in [4.78, 5) is 23.1. The zero-order valence-electron chi connectivity index (χ0n) is 22.4. The number of ether oxygens (including phenoxy) is 1. The second kappa shape index (κ2) is 9.72. The van der Waals surface area contributed by atoms with Gasteiger partial charge in [0.15, 0.2) is 0 Å². The van der Waals surface area contributed by atoms with Gasteiger partial charge >= 0.3 is 6.09 Å². The molecule has 3 aromatic heterocycles. The van der Waals surface area contributed by atoms with Gasteiger partial charge in [-0.2, -0.15) is 15.7 Å². The van der Waals surface area contributed by atoms with E-state index in [1.54, 1.807) is 27.9 Å². The maximum absolute atomic E-state index is 13.7. The fourth-order valence-corrected chi connectivity index (χ4v) is 6.37. The molecule has 0 radical (unpaired) electrons. The van der Waals surface area contributed by atoms with Crippen LogP contribution in [0.4, 0.5) is 9.18 Å². The lowest BCUT2D eigenvalue weighted by molar-refractivity contribution is 0.0329. The van der Waals surface area contributed by atoms with Crippen LogP contribution in [0.2, 0.25) is 0 Å². The van der Waals surface area contributed by atoms with Gasteiger partial charge in [-0.1, -0.05) is 0 Å². The van der Waals surface area contributed by atoms with Gasteiger partial charge in [0.05, 0.1) is 28.6 Å². The molecule has 1 aromatic carbocycles. The molecule has 12 heteroatoms. The van der Waals surface area contributed by atoms with Crippen LogP contribution in [0.5, 0.6) is 0 Å². The first kappa shape index (κ1) is 26.5. The highest BCUT2D eigenvalue weighted by atomic mass is 32.3. The number of allylic oxidation sites excluding steroid dienone is 1. The molecule has 2 aliphatic heterocycles. The van der Waals surface area contributed by atoms with Gasteiger partial charge in [-0.15, -0.1) is 0 Å². The summed E-state index contributed by atoms with van der Waals surface area (Å²) in [5, 5.41) is 5.42. The van der Waals surface area contributed by atoms with Gasteiger partial charge in [0.1, 0.15) is 29.2 Å². The average molecular weight is 568 g/mol. The largest absolute Gasteiger partial charge is 0.443 e. The molecule has 0 unspecified atom stereocenters. The van der Waals surface area contributed by atoms with Gasteiger partial charge in [-0.05, 0) is 63.9 Å². The summed E-state index contributed by atoms with van der Waals surface area (Å²) in [6.45, 7) is 6.04. The number of hydrogen-bond donors (Lipinski definition) is 2. The molecule has 0 atom stereocenters. The lowest BCUT2D eigenvalue weighted by Gasteiger charge is -2.46. The van der Waals surface area contributed by atoms with E-state index >= 15 is 0 Å². The van der Waals surface area contributed by atoms with E-state index in [1.807, 2.05) is 33.0 Å². The van der Waals surface area contributed by atoms with Gasteiger partial charge < -0.3 is 9.15 Å². The monoisotopic (exact) mass is 567 g/mol. The van der Waals surface area contributed by atoms with Crippen LogP contribution in [0.15, 0.2) is 53.5 Å². The van der Waals surface area contributed by atoms with Gasteiger partial charge in [-0.3, -0.25) is 18.7 Å². The summed E-state index contributed by atoms with van der Waals surface area (Å²) in [5.41, 5.74) is 3.16. The quantitative estimate of drug-likeness (QED) is 0.284. The molecule has 0 bridgehead atoms. The van der Waals surface area contributed by atoms with Gasteiger partial charge in [-0.25, -0.2) is 19.2 Å². The standard InChI is InChI=1S/C28H30FN5O5S/c1-28(2,3)39-27(35)33-10-4-5-18(12-33)23-11-21-25(30-16-31-26(21)38-23)22-13-34(20-14-40(36,37)15-20)32-24(22)17-6-8-19(29)9-7-17/h6-9,11-13,16,20,36-37H,4-5,10,14-15H2,1-3H3. The Morgan fingerprint density at radius 1 is 1.15 bits per heavy atom. The number of hydrogen-bond acceptors (Lipinski definition) is 8. The summed E-state index contributed by atoms with van der Waals surface area (Å²) < 4.78 is 47.0. The van der Waals surface area contributed by atoms with E-state index in [1.165, 1.54) is 18.5 Å². The van der Waals surface area contributed by atoms with Crippen LogP contribution in [0.1, 0.15) is 45.4 Å². The van der Waals surface area contributed by atoms with Crippen molar-refractivity contribution in [2.45, 2.75) is 45.3 Å². The second-order valence-corrected chi connectivity index (χ2v) is 13.4. The fraction of sp³-hybridized carbons (Fsp3) is 0.357.